The summed E-state index contributed by atoms with van der Waals surface area (Å²) in [6, 6.07) is 3.61. The zero-order valence-electron chi connectivity index (χ0n) is 9.05. The summed E-state index contributed by atoms with van der Waals surface area (Å²) in [5.41, 5.74) is 1.54. The van der Waals surface area contributed by atoms with E-state index in [1.165, 1.54) is 0 Å². The molecule has 0 aliphatic rings. The molecule has 2 heterocycles. The molecule has 0 aliphatic heterocycles. The van der Waals surface area contributed by atoms with Gasteiger partial charge in [0.15, 0.2) is 5.82 Å². The standard InChI is InChI=1S/C11H12ClN3O/c1-7-10(12)6-15(14-7)11-4-3-9(5-13-11)8(2)16/h3-6,8,16H,1-2H3/t8-/m1/s1. The Morgan fingerprint density at radius 3 is 2.62 bits per heavy atom. The van der Waals surface area contributed by atoms with E-state index < -0.39 is 6.10 Å². The Balaban J connectivity index is 2.34. The van der Waals surface area contributed by atoms with Gasteiger partial charge in [-0.3, -0.25) is 0 Å². The molecule has 1 N–H and O–H groups in total. The molecule has 0 aliphatic carbocycles. The second kappa shape index (κ2) is 4.23. The summed E-state index contributed by atoms with van der Waals surface area (Å²) >= 11 is 5.91. The van der Waals surface area contributed by atoms with Gasteiger partial charge in [-0.1, -0.05) is 17.7 Å². The quantitative estimate of drug-likeness (QED) is 0.872. The molecule has 84 valence electrons. The van der Waals surface area contributed by atoms with Gasteiger partial charge < -0.3 is 5.11 Å². The van der Waals surface area contributed by atoms with Gasteiger partial charge in [0, 0.05) is 6.20 Å². The van der Waals surface area contributed by atoms with Crippen LogP contribution in [0.1, 0.15) is 24.3 Å². The fourth-order valence-electron chi connectivity index (χ4n) is 1.34. The molecule has 0 radical (unpaired) electrons. The van der Waals surface area contributed by atoms with Gasteiger partial charge in [0.05, 0.1) is 23.0 Å². The molecule has 2 aromatic rings. The molecule has 0 aromatic carbocycles. The molecule has 0 amide bonds. The average Bonchev–Trinajstić information content (AvgIpc) is 2.59. The van der Waals surface area contributed by atoms with E-state index in [9.17, 15) is 5.11 Å². The number of hydrogen-bond acceptors (Lipinski definition) is 3. The minimum Gasteiger partial charge on any atom is -0.389 e. The highest BCUT2D eigenvalue weighted by molar-refractivity contribution is 6.31. The van der Waals surface area contributed by atoms with Crippen molar-refractivity contribution in [2.24, 2.45) is 0 Å². The second-order valence-corrected chi connectivity index (χ2v) is 4.04. The number of aromatic nitrogens is 3. The lowest BCUT2D eigenvalue weighted by Crippen LogP contribution is -2.00. The fourth-order valence-corrected chi connectivity index (χ4v) is 1.47. The van der Waals surface area contributed by atoms with Gasteiger partial charge in [0.2, 0.25) is 0 Å². The van der Waals surface area contributed by atoms with Crippen LogP contribution >= 0.6 is 11.6 Å². The lowest BCUT2D eigenvalue weighted by Gasteiger charge is -2.05. The van der Waals surface area contributed by atoms with Gasteiger partial charge in [0.1, 0.15) is 0 Å². The van der Waals surface area contributed by atoms with Crippen molar-refractivity contribution in [2.45, 2.75) is 20.0 Å². The van der Waals surface area contributed by atoms with Crippen molar-refractivity contribution < 1.29 is 5.11 Å². The van der Waals surface area contributed by atoms with Crippen LogP contribution in [-0.4, -0.2) is 19.9 Å². The van der Waals surface area contributed by atoms with E-state index in [2.05, 4.69) is 10.1 Å². The molecule has 4 nitrogen and oxygen atoms in total. The Bertz CT molecular complexity index is 471. The molecule has 2 aromatic heterocycles. The van der Waals surface area contributed by atoms with Crippen LogP contribution in [0.15, 0.2) is 24.5 Å². The van der Waals surface area contributed by atoms with Gasteiger partial charge in [-0.2, -0.15) is 5.10 Å². The number of nitrogens with zero attached hydrogens (tertiary/aromatic N) is 3. The summed E-state index contributed by atoms with van der Waals surface area (Å²) in [5.74, 6) is 0.680. The molecular formula is C11H12ClN3O. The molecule has 0 unspecified atom stereocenters. The molecule has 2 rings (SSSR count). The Morgan fingerprint density at radius 1 is 1.44 bits per heavy atom. The molecule has 0 fully saturated rings. The zero-order chi connectivity index (χ0) is 11.7. The maximum atomic E-state index is 9.35. The minimum atomic E-state index is -0.510. The third-order valence-electron chi connectivity index (χ3n) is 2.33. The lowest BCUT2D eigenvalue weighted by atomic mass is 10.2. The molecule has 0 saturated heterocycles. The molecule has 0 bridgehead atoms. The monoisotopic (exact) mass is 237 g/mol. The first-order valence-electron chi connectivity index (χ1n) is 4.94. The van der Waals surface area contributed by atoms with Gasteiger partial charge in [-0.05, 0) is 25.5 Å². The van der Waals surface area contributed by atoms with Crippen molar-refractivity contribution in [1.82, 2.24) is 14.8 Å². The summed E-state index contributed by atoms with van der Waals surface area (Å²) in [6.07, 6.45) is 2.83. The van der Waals surface area contributed by atoms with Crippen LogP contribution in [-0.2, 0) is 0 Å². The summed E-state index contributed by atoms with van der Waals surface area (Å²) in [4.78, 5) is 4.21. The van der Waals surface area contributed by atoms with E-state index in [-0.39, 0.29) is 0 Å². The topological polar surface area (TPSA) is 50.9 Å². The highest BCUT2D eigenvalue weighted by Crippen LogP contribution is 2.16. The Morgan fingerprint density at radius 2 is 2.19 bits per heavy atom. The van der Waals surface area contributed by atoms with Gasteiger partial charge in [-0.15, -0.1) is 0 Å². The number of aryl methyl sites for hydroxylation is 1. The van der Waals surface area contributed by atoms with Crippen LogP contribution in [0.25, 0.3) is 5.82 Å². The fraction of sp³-hybridized carbons (Fsp3) is 0.273. The second-order valence-electron chi connectivity index (χ2n) is 3.63. The number of hydrogen-bond donors (Lipinski definition) is 1. The van der Waals surface area contributed by atoms with Crippen LogP contribution < -0.4 is 0 Å². The zero-order valence-corrected chi connectivity index (χ0v) is 9.81. The molecule has 16 heavy (non-hydrogen) atoms. The third-order valence-corrected chi connectivity index (χ3v) is 2.70. The summed E-state index contributed by atoms with van der Waals surface area (Å²) in [6.45, 7) is 3.54. The highest BCUT2D eigenvalue weighted by atomic mass is 35.5. The molecule has 1 atom stereocenters. The number of aliphatic hydroxyl groups is 1. The first kappa shape index (κ1) is 11.1. The summed E-state index contributed by atoms with van der Waals surface area (Å²) in [5, 5.41) is 14.2. The smallest absolute Gasteiger partial charge is 0.153 e. The molecule has 5 heteroatoms. The Labute approximate surface area is 98.5 Å². The maximum absolute atomic E-state index is 9.35. The van der Waals surface area contributed by atoms with Gasteiger partial charge >= 0.3 is 0 Å². The van der Waals surface area contributed by atoms with Crippen LogP contribution in [0.5, 0.6) is 0 Å². The number of pyridine rings is 1. The number of aliphatic hydroxyl groups excluding tert-OH is 1. The SMILES string of the molecule is Cc1nn(-c2ccc([C@@H](C)O)cn2)cc1Cl. The van der Waals surface area contributed by atoms with Crippen molar-refractivity contribution in [3.05, 3.63) is 40.8 Å². The lowest BCUT2D eigenvalue weighted by molar-refractivity contribution is 0.199. The number of rotatable bonds is 2. The van der Waals surface area contributed by atoms with Gasteiger partial charge in [-0.25, -0.2) is 9.67 Å². The Hall–Kier alpha value is -1.39. The van der Waals surface area contributed by atoms with Crippen molar-refractivity contribution >= 4 is 11.6 Å². The van der Waals surface area contributed by atoms with Crippen molar-refractivity contribution in [3.8, 4) is 5.82 Å². The van der Waals surface area contributed by atoms with Crippen LogP contribution in [0.3, 0.4) is 0 Å². The summed E-state index contributed by atoms with van der Waals surface area (Å²) in [7, 11) is 0. The average molecular weight is 238 g/mol. The van der Waals surface area contributed by atoms with E-state index in [0.717, 1.165) is 11.3 Å². The molecule has 0 saturated carbocycles. The van der Waals surface area contributed by atoms with E-state index in [0.29, 0.717) is 10.8 Å². The van der Waals surface area contributed by atoms with E-state index in [1.54, 1.807) is 30.1 Å². The largest absolute Gasteiger partial charge is 0.389 e. The number of halogens is 1. The van der Waals surface area contributed by atoms with Crippen LogP contribution in [0.4, 0.5) is 0 Å². The van der Waals surface area contributed by atoms with E-state index in [1.807, 2.05) is 13.0 Å². The Kier molecular flexibility index (Phi) is 2.94. The van der Waals surface area contributed by atoms with Crippen LogP contribution in [0, 0.1) is 6.92 Å². The van der Waals surface area contributed by atoms with Gasteiger partial charge in [0.25, 0.3) is 0 Å². The first-order chi connectivity index (χ1) is 7.58. The first-order valence-corrected chi connectivity index (χ1v) is 5.32. The van der Waals surface area contributed by atoms with Crippen molar-refractivity contribution in [2.75, 3.05) is 0 Å². The summed E-state index contributed by atoms with van der Waals surface area (Å²) < 4.78 is 1.61. The van der Waals surface area contributed by atoms with Crippen molar-refractivity contribution in [1.29, 1.82) is 0 Å². The van der Waals surface area contributed by atoms with Crippen LogP contribution in [0.2, 0.25) is 5.02 Å². The van der Waals surface area contributed by atoms with E-state index >= 15 is 0 Å². The van der Waals surface area contributed by atoms with Crippen molar-refractivity contribution in [3.63, 3.8) is 0 Å². The molecular weight excluding hydrogens is 226 g/mol. The highest BCUT2D eigenvalue weighted by Gasteiger charge is 2.06. The predicted octanol–water partition coefficient (Wildman–Crippen LogP) is 2.28. The normalized spacial score (nSPS) is 12.8. The van der Waals surface area contributed by atoms with E-state index in [4.69, 9.17) is 11.6 Å². The molecule has 0 spiro atoms. The predicted molar refractivity (Wildman–Crippen MR) is 61.7 cm³/mol. The minimum absolute atomic E-state index is 0.510. The third kappa shape index (κ3) is 2.08. The maximum Gasteiger partial charge on any atom is 0.153 e.